The molecule has 2 heterocycles. The van der Waals surface area contributed by atoms with Crippen LogP contribution in [-0.4, -0.2) is 36.2 Å². The molecule has 1 atom stereocenters. The van der Waals surface area contributed by atoms with Crippen LogP contribution in [0.25, 0.3) is 0 Å². The Balaban J connectivity index is 2.09. The van der Waals surface area contributed by atoms with Gasteiger partial charge in [-0.2, -0.15) is 0 Å². The smallest absolute Gasteiger partial charge is 0.0594 e. The first kappa shape index (κ1) is 13.5. The molecule has 1 unspecified atom stereocenters. The topological polar surface area (TPSA) is 25.4 Å². The van der Waals surface area contributed by atoms with Gasteiger partial charge in [-0.15, -0.1) is 0 Å². The molecule has 100 valence electrons. The van der Waals surface area contributed by atoms with Gasteiger partial charge in [0.1, 0.15) is 0 Å². The van der Waals surface area contributed by atoms with Crippen LogP contribution in [0.1, 0.15) is 45.0 Å². The Kier molecular flexibility index (Phi) is 4.03. The van der Waals surface area contributed by atoms with Crippen molar-refractivity contribution < 1.29 is 4.74 Å². The molecule has 0 aliphatic carbocycles. The van der Waals surface area contributed by atoms with E-state index in [-0.39, 0.29) is 5.41 Å². The highest BCUT2D eigenvalue weighted by Crippen LogP contribution is 2.24. The van der Waals surface area contributed by atoms with Gasteiger partial charge in [0.25, 0.3) is 0 Å². The van der Waals surface area contributed by atoms with Crippen molar-refractivity contribution in [2.45, 2.75) is 39.2 Å². The molecule has 0 aromatic carbocycles. The van der Waals surface area contributed by atoms with Crippen molar-refractivity contribution in [1.82, 2.24) is 9.88 Å². The molecular formula is C15H24N2O. The van der Waals surface area contributed by atoms with Gasteiger partial charge in [-0.3, -0.25) is 9.88 Å². The lowest BCUT2D eigenvalue weighted by molar-refractivity contribution is 0.0190. The van der Waals surface area contributed by atoms with Gasteiger partial charge in [0.15, 0.2) is 0 Å². The number of hydrogen-bond acceptors (Lipinski definition) is 3. The summed E-state index contributed by atoms with van der Waals surface area (Å²) in [4.78, 5) is 7.07. The number of aromatic nitrogens is 1. The zero-order valence-electron chi connectivity index (χ0n) is 11.9. The number of rotatable bonds is 2. The Bertz CT molecular complexity index is 374. The zero-order chi connectivity index (χ0) is 13.2. The Morgan fingerprint density at radius 2 is 1.89 bits per heavy atom. The van der Waals surface area contributed by atoms with E-state index in [1.807, 2.05) is 6.20 Å². The van der Waals surface area contributed by atoms with Crippen LogP contribution in [0.4, 0.5) is 0 Å². The van der Waals surface area contributed by atoms with Crippen LogP contribution in [0.3, 0.4) is 0 Å². The molecule has 3 heteroatoms. The first-order chi connectivity index (χ1) is 8.48. The Morgan fingerprint density at radius 3 is 2.39 bits per heavy atom. The lowest BCUT2D eigenvalue weighted by Crippen LogP contribution is -2.38. The van der Waals surface area contributed by atoms with Crippen LogP contribution in [0.5, 0.6) is 0 Å². The van der Waals surface area contributed by atoms with E-state index in [0.717, 1.165) is 32.0 Å². The minimum absolute atomic E-state index is 0.174. The van der Waals surface area contributed by atoms with Crippen LogP contribution in [0, 0.1) is 0 Å². The lowest BCUT2D eigenvalue weighted by atomic mass is 9.88. The van der Waals surface area contributed by atoms with Gasteiger partial charge in [-0.05, 0) is 24.0 Å². The van der Waals surface area contributed by atoms with Crippen LogP contribution in [0.2, 0.25) is 0 Å². The monoisotopic (exact) mass is 248 g/mol. The third kappa shape index (κ3) is 3.09. The minimum atomic E-state index is 0.174. The summed E-state index contributed by atoms with van der Waals surface area (Å²) in [7, 11) is 0. The van der Waals surface area contributed by atoms with E-state index in [0.29, 0.717) is 6.04 Å². The van der Waals surface area contributed by atoms with E-state index < -0.39 is 0 Å². The maximum absolute atomic E-state index is 5.39. The SMILES string of the molecule is CC(c1ccc(C(C)(C)C)cn1)N1CCOCC1. The molecule has 18 heavy (non-hydrogen) atoms. The van der Waals surface area contributed by atoms with Gasteiger partial charge in [-0.25, -0.2) is 0 Å². The van der Waals surface area contributed by atoms with Crippen LogP contribution in [-0.2, 0) is 10.2 Å². The highest BCUT2D eigenvalue weighted by Gasteiger charge is 2.20. The highest BCUT2D eigenvalue weighted by atomic mass is 16.5. The van der Waals surface area contributed by atoms with Crippen LogP contribution < -0.4 is 0 Å². The Hall–Kier alpha value is -0.930. The zero-order valence-corrected chi connectivity index (χ0v) is 11.9. The number of morpholine rings is 1. The summed E-state index contributed by atoms with van der Waals surface area (Å²) in [5.41, 5.74) is 2.62. The Labute approximate surface area is 110 Å². The van der Waals surface area contributed by atoms with Gasteiger partial charge >= 0.3 is 0 Å². The van der Waals surface area contributed by atoms with Crippen molar-refractivity contribution in [3.05, 3.63) is 29.6 Å². The molecule has 1 aliphatic rings. The van der Waals surface area contributed by atoms with Gasteiger partial charge in [0, 0.05) is 25.3 Å². The third-order valence-corrected chi connectivity index (χ3v) is 3.67. The summed E-state index contributed by atoms with van der Waals surface area (Å²) < 4.78 is 5.39. The summed E-state index contributed by atoms with van der Waals surface area (Å²) >= 11 is 0. The molecule has 0 saturated carbocycles. The maximum atomic E-state index is 5.39. The second kappa shape index (κ2) is 5.37. The van der Waals surface area contributed by atoms with Crippen molar-refractivity contribution >= 4 is 0 Å². The summed E-state index contributed by atoms with van der Waals surface area (Å²) in [5, 5.41) is 0. The fourth-order valence-electron chi connectivity index (χ4n) is 2.25. The maximum Gasteiger partial charge on any atom is 0.0594 e. The quantitative estimate of drug-likeness (QED) is 0.804. The van der Waals surface area contributed by atoms with Crippen molar-refractivity contribution in [2.24, 2.45) is 0 Å². The van der Waals surface area contributed by atoms with Crippen LogP contribution in [0.15, 0.2) is 18.3 Å². The second-order valence-corrected chi connectivity index (χ2v) is 6.05. The second-order valence-electron chi connectivity index (χ2n) is 6.05. The molecule has 1 saturated heterocycles. The summed E-state index contributed by atoms with van der Waals surface area (Å²) in [6.45, 7) is 12.6. The van der Waals surface area contributed by atoms with Gasteiger partial charge in [0.2, 0.25) is 0 Å². The fraction of sp³-hybridized carbons (Fsp3) is 0.667. The summed E-state index contributed by atoms with van der Waals surface area (Å²) in [6, 6.07) is 4.75. The first-order valence-electron chi connectivity index (χ1n) is 6.77. The van der Waals surface area contributed by atoms with E-state index in [9.17, 15) is 0 Å². The van der Waals surface area contributed by atoms with Gasteiger partial charge in [-0.1, -0.05) is 26.8 Å². The average Bonchev–Trinajstić information content (AvgIpc) is 2.38. The van der Waals surface area contributed by atoms with Crippen LogP contribution >= 0.6 is 0 Å². The molecule has 0 spiro atoms. The predicted molar refractivity (Wildman–Crippen MR) is 73.7 cm³/mol. The molecule has 1 aromatic heterocycles. The van der Waals surface area contributed by atoms with E-state index in [1.54, 1.807) is 0 Å². The molecule has 2 rings (SSSR count). The fourth-order valence-corrected chi connectivity index (χ4v) is 2.25. The third-order valence-electron chi connectivity index (χ3n) is 3.67. The standard InChI is InChI=1S/C15H24N2O/c1-12(17-7-9-18-10-8-17)14-6-5-13(11-16-14)15(2,3)4/h5-6,11-12H,7-10H2,1-4H3. The van der Waals surface area contributed by atoms with Crippen molar-refractivity contribution in [3.63, 3.8) is 0 Å². The normalized spacial score (nSPS) is 19.8. The van der Waals surface area contributed by atoms with E-state index in [2.05, 4.69) is 49.7 Å². The van der Waals surface area contributed by atoms with Crippen molar-refractivity contribution in [1.29, 1.82) is 0 Å². The summed E-state index contributed by atoms with van der Waals surface area (Å²) in [5.74, 6) is 0. The molecule has 0 amide bonds. The minimum Gasteiger partial charge on any atom is -0.379 e. The average molecular weight is 248 g/mol. The number of hydrogen-bond donors (Lipinski definition) is 0. The lowest BCUT2D eigenvalue weighted by Gasteiger charge is -2.32. The molecule has 1 aliphatic heterocycles. The van der Waals surface area contributed by atoms with E-state index in [1.165, 1.54) is 5.56 Å². The van der Waals surface area contributed by atoms with Crippen molar-refractivity contribution in [2.75, 3.05) is 26.3 Å². The van der Waals surface area contributed by atoms with E-state index >= 15 is 0 Å². The Morgan fingerprint density at radius 1 is 1.22 bits per heavy atom. The first-order valence-corrected chi connectivity index (χ1v) is 6.77. The number of nitrogens with zero attached hydrogens (tertiary/aromatic N) is 2. The van der Waals surface area contributed by atoms with Crippen molar-refractivity contribution in [3.8, 4) is 0 Å². The molecule has 0 radical (unpaired) electrons. The molecule has 0 N–H and O–H groups in total. The summed E-state index contributed by atoms with van der Waals surface area (Å²) in [6.07, 6.45) is 2.02. The number of pyridine rings is 1. The molecular weight excluding hydrogens is 224 g/mol. The predicted octanol–water partition coefficient (Wildman–Crippen LogP) is 2.77. The number of ether oxygens (including phenoxy) is 1. The van der Waals surface area contributed by atoms with Gasteiger partial charge in [0.05, 0.1) is 18.9 Å². The highest BCUT2D eigenvalue weighted by molar-refractivity contribution is 5.22. The molecule has 1 fully saturated rings. The molecule has 0 bridgehead atoms. The largest absolute Gasteiger partial charge is 0.379 e. The van der Waals surface area contributed by atoms with Gasteiger partial charge < -0.3 is 4.74 Å². The molecule has 3 nitrogen and oxygen atoms in total. The van der Waals surface area contributed by atoms with E-state index in [4.69, 9.17) is 4.74 Å². The molecule has 1 aromatic rings.